The largest absolute Gasteiger partial charge is 0.507 e. The number of hydrogen-bond donors (Lipinski definition) is 2. The SMILES string of the molecule is CC(N=Cc1cc(C(C)(C)C)c(O)c(C(C)(C)C)c1)SSC(C)N=Cc1cc(C(C)(C)C)c(O)c(C(C)(C)C)c1. The Morgan fingerprint density at radius 3 is 0.950 bits per heavy atom. The van der Waals surface area contributed by atoms with Crippen LogP contribution in [0.2, 0.25) is 0 Å². The van der Waals surface area contributed by atoms with Gasteiger partial charge >= 0.3 is 0 Å². The molecule has 6 heteroatoms. The van der Waals surface area contributed by atoms with Gasteiger partial charge in [0.2, 0.25) is 0 Å². The molecule has 2 aromatic carbocycles. The molecule has 0 saturated carbocycles. The van der Waals surface area contributed by atoms with Crippen LogP contribution in [0.4, 0.5) is 0 Å². The van der Waals surface area contributed by atoms with E-state index in [9.17, 15) is 10.2 Å². The topological polar surface area (TPSA) is 65.2 Å². The van der Waals surface area contributed by atoms with Crippen molar-refractivity contribution in [1.29, 1.82) is 0 Å². The minimum atomic E-state index is -0.170. The van der Waals surface area contributed by atoms with Crippen LogP contribution in [0.5, 0.6) is 11.5 Å². The molecule has 0 aliphatic heterocycles. The smallest absolute Gasteiger partial charge is 0.123 e. The van der Waals surface area contributed by atoms with Crippen molar-refractivity contribution in [1.82, 2.24) is 0 Å². The zero-order chi connectivity index (χ0) is 30.8. The van der Waals surface area contributed by atoms with Crippen LogP contribution in [-0.2, 0) is 21.7 Å². The average molecular weight is 585 g/mol. The highest BCUT2D eigenvalue weighted by atomic mass is 33.1. The summed E-state index contributed by atoms with van der Waals surface area (Å²) in [5.74, 6) is 0.777. The normalized spacial score (nSPS) is 15.2. The van der Waals surface area contributed by atoms with Gasteiger partial charge in [0.05, 0.1) is 0 Å². The Bertz CT molecular complexity index is 1070. The molecular weight excluding hydrogens is 533 g/mol. The molecule has 4 nitrogen and oxygen atoms in total. The summed E-state index contributed by atoms with van der Waals surface area (Å²) in [5.41, 5.74) is 5.10. The van der Waals surface area contributed by atoms with Gasteiger partial charge in [0.25, 0.3) is 0 Å². The van der Waals surface area contributed by atoms with Crippen molar-refractivity contribution in [3.05, 3.63) is 57.6 Å². The van der Waals surface area contributed by atoms with Gasteiger partial charge in [-0.1, -0.05) is 105 Å². The van der Waals surface area contributed by atoms with Gasteiger partial charge in [0.1, 0.15) is 22.2 Å². The summed E-state index contributed by atoms with van der Waals surface area (Å²) >= 11 is 0. The molecule has 0 aliphatic carbocycles. The number of phenols is 2. The summed E-state index contributed by atoms with van der Waals surface area (Å²) in [4.78, 5) is 9.61. The van der Waals surface area contributed by atoms with Crippen molar-refractivity contribution in [2.24, 2.45) is 9.98 Å². The Morgan fingerprint density at radius 2 is 0.750 bits per heavy atom. The van der Waals surface area contributed by atoms with E-state index in [1.54, 1.807) is 21.6 Å². The molecule has 222 valence electrons. The molecule has 40 heavy (non-hydrogen) atoms. The lowest BCUT2D eigenvalue weighted by Gasteiger charge is -2.27. The van der Waals surface area contributed by atoms with Crippen molar-refractivity contribution in [3.8, 4) is 11.5 Å². The van der Waals surface area contributed by atoms with Gasteiger partial charge in [-0.3, -0.25) is 9.98 Å². The Kier molecular flexibility index (Phi) is 10.7. The second-order valence-corrected chi connectivity index (χ2v) is 17.8. The second-order valence-electron chi connectivity index (χ2n) is 14.9. The van der Waals surface area contributed by atoms with E-state index in [4.69, 9.17) is 9.98 Å². The lowest BCUT2D eigenvalue weighted by molar-refractivity contribution is 0.422. The number of hydrogen-bond acceptors (Lipinski definition) is 6. The lowest BCUT2D eigenvalue weighted by atomic mass is 9.78. The van der Waals surface area contributed by atoms with Gasteiger partial charge in [-0.2, -0.15) is 0 Å². The third-order valence-electron chi connectivity index (χ3n) is 6.70. The first-order chi connectivity index (χ1) is 18.0. The third kappa shape index (κ3) is 9.30. The molecule has 0 aliphatic rings. The van der Waals surface area contributed by atoms with Crippen LogP contribution in [0, 0.1) is 0 Å². The first-order valence-electron chi connectivity index (χ1n) is 14.2. The highest BCUT2D eigenvalue weighted by molar-refractivity contribution is 8.77. The van der Waals surface area contributed by atoms with Crippen LogP contribution >= 0.6 is 21.6 Å². The molecule has 2 atom stereocenters. The molecule has 2 rings (SSSR count). The summed E-state index contributed by atoms with van der Waals surface area (Å²) in [7, 11) is 3.39. The maximum atomic E-state index is 11.0. The van der Waals surface area contributed by atoms with Crippen molar-refractivity contribution < 1.29 is 10.2 Å². The van der Waals surface area contributed by atoms with E-state index < -0.39 is 0 Å². The van der Waals surface area contributed by atoms with E-state index in [1.165, 1.54) is 0 Å². The standard InChI is InChI=1S/C34H52N2O2S2/c1-21(35-19-23-15-25(31(3,4)5)29(37)26(16-23)32(6,7)8)39-40-22(2)36-20-24-17-27(33(9,10)11)30(38)28(18-24)34(12,13)14/h15-22,37-38H,1-14H3. The Hall–Kier alpha value is -1.92. The molecule has 0 amide bonds. The summed E-state index contributed by atoms with van der Waals surface area (Å²) in [6, 6.07) is 8.23. The van der Waals surface area contributed by atoms with E-state index in [2.05, 4.69) is 121 Å². The molecule has 0 aromatic heterocycles. The monoisotopic (exact) mass is 584 g/mol. The van der Waals surface area contributed by atoms with Crippen LogP contribution in [0.25, 0.3) is 0 Å². The minimum absolute atomic E-state index is 0.0429. The summed E-state index contributed by atoms with van der Waals surface area (Å²) in [6.07, 6.45) is 3.85. The van der Waals surface area contributed by atoms with Crippen LogP contribution in [0.3, 0.4) is 0 Å². The first kappa shape index (κ1) is 34.3. The van der Waals surface area contributed by atoms with Gasteiger partial charge in [-0.05, 0) is 70.9 Å². The number of phenolic OH excluding ortho intramolecular Hbond substituents is 2. The van der Waals surface area contributed by atoms with E-state index in [0.717, 1.165) is 33.4 Å². The molecule has 0 saturated heterocycles. The zero-order valence-electron chi connectivity index (χ0n) is 27.2. The van der Waals surface area contributed by atoms with E-state index in [1.807, 2.05) is 12.4 Å². The fourth-order valence-corrected chi connectivity index (χ4v) is 6.15. The fraction of sp³-hybridized carbons (Fsp3) is 0.588. The Balaban J connectivity index is 2.18. The minimum Gasteiger partial charge on any atom is -0.507 e. The van der Waals surface area contributed by atoms with Crippen LogP contribution in [0.1, 0.15) is 130 Å². The number of nitrogens with zero attached hydrogens (tertiary/aromatic N) is 2. The van der Waals surface area contributed by atoms with Crippen LogP contribution in [-0.4, -0.2) is 33.4 Å². The molecule has 0 bridgehead atoms. The average Bonchev–Trinajstić information content (AvgIpc) is 2.78. The number of aromatic hydroxyl groups is 2. The number of aliphatic imine (C=N–C) groups is 2. The van der Waals surface area contributed by atoms with Crippen molar-refractivity contribution in [2.45, 2.75) is 129 Å². The molecule has 0 heterocycles. The van der Waals surface area contributed by atoms with Gasteiger partial charge in [-0.15, -0.1) is 0 Å². The Labute approximate surface area is 252 Å². The van der Waals surface area contributed by atoms with Gasteiger partial charge in [-0.25, -0.2) is 0 Å². The van der Waals surface area contributed by atoms with Crippen LogP contribution < -0.4 is 0 Å². The molecule has 2 aromatic rings. The number of rotatable bonds is 7. The van der Waals surface area contributed by atoms with Crippen molar-refractivity contribution in [2.75, 3.05) is 0 Å². The molecular formula is C34H52N2O2S2. The first-order valence-corrected chi connectivity index (χ1v) is 16.4. The maximum Gasteiger partial charge on any atom is 0.123 e. The fourth-order valence-electron chi connectivity index (χ4n) is 4.34. The highest BCUT2D eigenvalue weighted by Crippen LogP contribution is 2.41. The molecule has 0 fully saturated rings. The maximum absolute atomic E-state index is 11.0. The predicted molar refractivity (Wildman–Crippen MR) is 180 cm³/mol. The molecule has 0 spiro atoms. The summed E-state index contributed by atoms with van der Waals surface area (Å²) in [5, 5.41) is 22.1. The summed E-state index contributed by atoms with van der Waals surface area (Å²) < 4.78 is 0. The lowest BCUT2D eigenvalue weighted by Crippen LogP contribution is -2.18. The van der Waals surface area contributed by atoms with E-state index in [0.29, 0.717) is 11.5 Å². The van der Waals surface area contributed by atoms with Gasteiger partial charge < -0.3 is 10.2 Å². The zero-order valence-corrected chi connectivity index (χ0v) is 28.9. The summed E-state index contributed by atoms with van der Waals surface area (Å²) in [6.45, 7) is 29.7. The second kappa shape index (κ2) is 12.5. The van der Waals surface area contributed by atoms with Crippen LogP contribution in [0.15, 0.2) is 34.3 Å². The highest BCUT2D eigenvalue weighted by Gasteiger charge is 2.27. The predicted octanol–water partition coefficient (Wildman–Crippen LogP) is 9.90. The van der Waals surface area contributed by atoms with Gasteiger partial charge in [0.15, 0.2) is 0 Å². The third-order valence-corrected chi connectivity index (χ3v) is 9.61. The van der Waals surface area contributed by atoms with E-state index in [-0.39, 0.29) is 32.4 Å². The number of benzene rings is 2. The quantitative estimate of drug-likeness (QED) is 0.251. The van der Waals surface area contributed by atoms with Crippen molar-refractivity contribution in [3.63, 3.8) is 0 Å². The van der Waals surface area contributed by atoms with Crippen molar-refractivity contribution >= 4 is 34.0 Å². The molecule has 0 radical (unpaired) electrons. The Morgan fingerprint density at radius 1 is 0.525 bits per heavy atom. The molecule has 2 N–H and O–H groups in total. The van der Waals surface area contributed by atoms with E-state index >= 15 is 0 Å². The van der Waals surface area contributed by atoms with Gasteiger partial charge in [0, 0.05) is 34.7 Å². The molecule has 2 unspecified atom stereocenters.